The first kappa shape index (κ1) is 13.3. The zero-order valence-corrected chi connectivity index (χ0v) is 10.4. The monoisotopic (exact) mass is 275 g/mol. The second-order valence-corrected chi connectivity index (χ2v) is 6.39. The second kappa shape index (κ2) is 4.83. The van der Waals surface area contributed by atoms with Crippen LogP contribution in [-0.4, -0.2) is 37.2 Å². The molecular weight excluding hydrogens is 261 g/mol. The van der Waals surface area contributed by atoms with Gasteiger partial charge in [0.25, 0.3) is 0 Å². The predicted molar refractivity (Wildman–Crippen MR) is 63.4 cm³/mol. The third-order valence-electron chi connectivity index (χ3n) is 2.81. The molecule has 0 aromatic heterocycles. The van der Waals surface area contributed by atoms with Gasteiger partial charge in [-0.1, -0.05) is 12.1 Å². The summed E-state index contributed by atoms with van der Waals surface area (Å²) >= 11 is 0. The Morgan fingerprint density at radius 1 is 1.44 bits per heavy atom. The molecule has 1 aliphatic heterocycles. The van der Waals surface area contributed by atoms with E-state index in [9.17, 15) is 17.9 Å². The lowest BCUT2D eigenvalue weighted by atomic mass is 10.2. The summed E-state index contributed by atoms with van der Waals surface area (Å²) in [6.07, 6.45) is -2.09. The van der Waals surface area contributed by atoms with Crippen molar-refractivity contribution in [2.45, 2.75) is 18.8 Å². The van der Waals surface area contributed by atoms with Crippen LogP contribution in [0.2, 0.25) is 0 Å². The summed E-state index contributed by atoms with van der Waals surface area (Å²) in [5.74, 6) is -1.37. The van der Waals surface area contributed by atoms with Crippen molar-refractivity contribution in [3.8, 4) is 5.75 Å². The van der Waals surface area contributed by atoms with Crippen molar-refractivity contribution < 1.29 is 22.7 Å². The molecule has 0 spiro atoms. The van der Waals surface area contributed by atoms with E-state index in [1.807, 2.05) is 0 Å². The third-order valence-corrected chi connectivity index (χ3v) is 4.50. The van der Waals surface area contributed by atoms with Gasteiger partial charge < -0.3 is 15.6 Å². The summed E-state index contributed by atoms with van der Waals surface area (Å²) in [4.78, 5) is 0. The number of rotatable bonds is 3. The van der Waals surface area contributed by atoms with E-state index in [1.165, 1.54) is 12.1 Å². The molecule has 1 saturated heterocycles. The Kier molecular flexibility index (Phi) is 3.56. The first-order valence-electron chi connectivity index (χ1n) is 5.45. The van der Waals surface area contributed by atoms with Gasteiger partial charge in [-0.05, 0) is 6.07 Å². The van der Waals surface area contributed by atoms with E-state index in [4.69, 9.17) is 10.5 Å². The van der Waals surface area contributed by atoms with Crippen LogP contribution in [0.25, 0.3) is 0 Å². The van der Waals surface area contributed by atoms with Crippen LogP contribution < -0.4 is 10.5 Å². The SMILES string of the molecule is NCc1cccc(F)c1OC1CS(=O)(=O)CC1O. The summed E-state index contributed by atoms with van der Waals surface area (Å²) in [5, 5.41) is 9.58. The smallest absolute Gasteiger partial charge is 0.165 e. The molecule has 5 nitrogen and oxygen atoms in total. The molecule has 1 aliphatic rings. The summed E-state index contributed by atoms with van der Waals surface area (Å²) in [6, 6.07) is 4.28. The normalized spacial score (nSPS) is 26.2. The zero-order chi connectivity index (χ0) is 13.3. The van der Waals surface area contributed by atoms with Crippen LogP contribution in [0.1, 0.15) is 5.56 Å². The number of sulfone groups is 1. The number of ether oxygens (including phenoxy) is 1. The molecule has 0 saturated carbocycles. The molecule has 3 N–H and O–H groups in total. The van der Waals surface area contributed by atoms with Crippen molar-refractivity contribution in [1.82, 2.24) is 0 Å². The number of para-hydroxylation sites is 1. The van der Waals surface area contributed by atoms with E-state index in [-0.39, 0.29) is 23.8 Å². The van der Waals surface area contributed by atoms with Crippen molar-refractivity contribution in [2.24, 2.45) is 5.73 Å². The van der Waals surface area contributed by atoms with Gasteiger partial charge in [-0.2, -0.15) is 0 Å². The molecule has 1 aromatic rings. The number of benzene rings is 1. The average molecular weight is 275 g/mol. The van der Waals surface area contributed by atoms with Gasteiger partial charge in [0.05, 0.1) is 11.5 Å². The molecule has 2 rings (SSSR count). The summed E-state index contributed by atoms with van der Waals surface area (Å²) in [7, 11) is -3.33. The average Bonchev–Trinajstić information content (AvgIpc) is 2.54. The van der Waals surface area contributed by atoms with Gasteiger partial charge in [-0.3, -0.25) is 0 Å². The molecule has 0 amide bonds. The lowest BCUT2D eigenvalue weighted by molar-refractivity contribution is 0.0704. The standard InChI is InChI=1S/C11H14FNO4S/c12-8-3-1-2-7(4-13)11(8)17-10-6-18(15,16)5-9(10)14/h1-3,9-10,14H,4-6,13H2. The largest absolute Gasteiger partial charge is 0.483 e. The summed E-state index contributed by atoms with van der Waals surface area (Å²) in [6.45, 7) is 0.0721. The van der Waals surface area contributed by atoms with Crippen LogP contribution in [0, 0.1) is 5.82 Å². The highest BCUT2D eigenvalue weighted by atomic mass is 32.2. The van der Waals surface area contributed by atoms with E-state index >= 15 is 0 Å². The Morgan fingerprint density at radius 2 is 2.17 bits per heavy atom. The summed E-state index contributed by atoms with van der Waals surface area (Å²) in [5.41, 5.74) is 5.89. The molecule has 1 fully saturated rings. The molecular formula is C11H14FNO4S. The van der Waals surface area contributed by atoms with Gasteiger partial charge in [-0.25, -0.2) is 12.8 Å². The van der Waals surface area contributed by atoms with Gasteiger partial charge in [0, 0.05) is 12.1 Å². The lowest BCUT2D eigenvalue weighted by Crippen LogP contribution is -2.30. The number of aliphatic hydroxyl groups excluding tert-OH is 1. The number of hydrogen-bond acceptors (Lipinski definition) is 5. The molecule has 1 aromatic carbocycles. The van der Waals surface area contributed by atoms with Crippen molar-refractivity contribution in [1.29, 1.82) is 0 Å². The minimum absolute atomic E-state index is 0.0721. The van der Waals surface area contributed by atoms with Crippen molar-refractivity contribution in [2.75, 3.05) is 11.5 Å². The highest BCUT2D eigenvalue weighted by Gasteiger charge is 2.38. The molecule has 0 radical (unpaired) electrons. The quantitative estimate of drug-likeness (QED) is 0.799. The van der Waals surface area contributed by atoms with E-state index in [1.54, 1.807) is 6.07 Å². The lowest BCUT2D eigenvalue weighted by Gasteiger charge is -2.18. The number of aliphatic hydroxyl groups is 1. The minimum atomic E-state index is -3.33. The van der Waals surface area contributed by atoms with Gasteiger partial charge >= 0.3 is 0 Å². The van der Waals surface area contributed by atoms with Crippen LogP contribution >= 0.6 is 0 Å². The molecule has 7 heteroatoms. The van der Waals surface area contributed by atoms with Crippen molar-refractivity contribution in [3.05, 3.63) is 29.6 Å². The Balaban J connectivity index is 2.25. The fraction of sp³-hybridized carbons (Fsp3) is 0.455. The maximum atomic E-state index is 13.6. The van der Waals surface area contributed by atoms with Crippen molar-refractivity contribution in [3.63, 3.8) is 0 Å². The van der Waals surface area contributed by atoms with Gasteiger partial charge in [0.2, 0.25) is 0 Å². The number of nitrogens with two attached hydrogens (primary N) is 1. The Labute approximate surface area is 104 Å². The van der Waals surface area contributed by atoms with Crippen molar-refractivity contribution >= 4 is 9.84 Å². The van der Waals surface area contributed by atoms with Crippen LogP contribution in [0.3, 0.4) is 0 Å². The fourth-order valence-electron chi connectivity index (χ4n) is 1.91. The van der Waals surface area contributed by atoms with Gasteiger partial charge in [0.15, 0.2) is 21.4 Å². The van der Waals surface area contributed by atoms with E-state index in [0.717, 1.165) is 0 Å². The van der Waals surface area contributed by atoms with Gasteiger partial charge in [0.1, 0.15) is 12.2 Å². The molecule has 1 heterocycles. The molecule has 100 valence electrons. The van der Waals surface area contributed by atoms with E-state index in [0.29, 0.717) is 5.56 Å². The highest BCUT2D eigenvalue weighted by molar-refractivity contribution is 7.91. The Morgan fingerprint density at radius 3 is 2.72 bits per heavy atom. The minimum Gasteiger partial charge on any atom is -0.483 e. The highest BCUT2D eigenvalue weighted by Crippen LogP contribution is 2.26. The first-order valence-corrected chi connectivity index (χ1v) is 7.27. The fourth-order valence-corrected chi connectivity index (χ4v) is 3.57. The second-order valence-electron chi connectivity index (χ2n) is 4.23. The summed E-state index contributed by atoms with van der Waals surface area (Å²) < 4.78 is 41.5. The first-order chi connectivity index (χ1) is 8.43. The molecule has 18 heavy (non-hydrogen) atoms. The topological polar surface area (TPSA) is 89.6 Å². The number of hydrogen-bond donors (Lipinski definition) is 2. The Bertz CT molecular complexity index is 546. The van der Waals surface area contributed by atoms with E-state index in [2.05, 4.69) is 0 Å². The van der Waals surface area contributed by atoms with Crippen LogP contribution in [-0.2, 0) is 16.4 Å². The maximum absolute atomic E-state index is 13.6. The molecule has 0 aliphatic carbocycles. The molecule has 2 atom stereocenters. The van der Waals surface area contributed by atoms with Crippen LogP contribution in [0.15, 0.2) is 18.2 Å². The number of halogens is 1. The zero-order valence-electron chi connectivity index (χ0n) is 9.54. The van der Waals surface area contributed by atoms with Gasteiger partial charge in [-0.15, -0.1) is 0 Å². The maximum Gasteiger partial charge on any atom is 0.165 e. The molecule has 2 unspecified atom stereocenters. The van der Waals surface area contributed by atoms with E-state index < -0.39 is 27.9 Å². The van der Waals surface area contributed by atoms with Crippen LogP contribution in [0.4, 0.5) is 4.39 Å². The molecule has 0 bridgehead atoms. The Hall–Kier alpha value is -1.18. The van der Waals surface area contributed by atoms with Crippen LogP contribution in [0.5, 0.6) is 5.75 Å². The third kappa shape index (κ3) is 2.63. The predicted octanol–water partition coefficient (Wildman–Crippen LogP) is -0.179.